The lowest BCUT2D eigenvalue weighted by atomic mass is 10.3. The van der Waals surface area contributed by atoms with Crippen LogP contribution in [0.1, 0.15) is 18.6 Å². The number of nitrogens with zero attached hydrogens (tertiary/aromatic N) is 2. The van der Waals surface area contributed by atoms with Crippen molar-refractivity contribution in [1.29, 1.82) is 0 Å². The Morgan fingerprint density at radius 1 is 1.19 bits per heavy atom. The van der Waals surface area contributed by atoms with E-state index in [9.17, 15) is 4.79 Å². The van der Waals surface area contributed by atoms with Crippen LogP contribution in [0.2, 0.25) is 5.02 Å². The number of halogens is 1. The van der Waals surface area contributed by atoms with E-state index in [1.165, 1.54) is 0 Å². The van der Waals surface area contributed by atoms with Crippen molar-refractivity contribution in [2.75, 3.05) is 0 Å². The molecule has 7 nitrogen and oxygen atoms in total. The molecule has 0 saturated heterocycles. The summed E-state index contributed by atoms with van der Waals surface area (Å²) in [5.74, 6) is 1.60. The van der Waals surface area contributed by atoms with Crippen LogP contribution in [-0.4, -0.2) is 22.2 Å². The van der Waals surface area contributed by atoms with Crippen LogP contribution >= 0.6 is 11.6 Å². The maximum absolute atomic E-state index is 12.1. The topological polar surface area (TPSA) is 86.5 Å². The Hall–Kier alpha value is -3.06. The molecule has 1 N–H and O–H groups in total. The molecule has 0 aliphatic heterocycles. The van der Waals surface area contributed by atoms with Crippen molar-refractivity contribution in [2.45, 2.75) is 26.2 Å². The second kappa shape index (κ2) is 9.05. The zero-order valence-electron chi connectivity index (χ0n) is 14.6. The third-order valence-corrected chi connectivity index (χ3v) is 3.75. The van der Waals surface area contributed by atoms with E-state index in [4.69, 9.17) is 25.6 Å². The van der Waals surface area contributed by atoms with Gasteiger partial charge >= 0.3 is 0 Å². The van der Waals surface area contributed by atoms with Crippen molar-refractivity contribution in [3.05, 3.63) is 71.3 Å². The quantitative estimate of drug-likeness (QED) is 0.637. The molecule has 1 aromatic heterocycles. The third kappa shape index (κ3) is 5.72. The summed E-state index contributed by atoms with van der Waals surface area (Å²) in [6.07, 6.45) is -0.698. The minimum atomic E-state index is -0.698. The lowest BCUT2D eigenvalue weighted by molar-refractivity contribution is -0.127. The van der Waals surface area contributed by atoms with Crippen molar-refractivity contribution in [1.82, 2.24) is 15.5 Å². The molecule has 0 aliphatic rings. The third-order valence-electron chi connectivity index (χ3n) is 3.51. The number of benzene rings is 2. The molecule has 0 bridgehead atoms. The maximum atomic E-state index is 12.1. The summed E-state index contributed by atoms with van der Waals surface area (Å²) >= 11 is 5.90. The number of aromatic nitrogens is 2. The van der Waals surface area contributed by atoms with Crippen LogP contribution in [0, 0.1) is 0 Å². The molecule has 1 atom stereocenters. The summed E-state index contributed by atoms with van der Waals surface area (Å²) in [6, 6.07) is 16.2. The van der Waals surface area contributed by atoms with E-state index in [0.717, 1.165) is 0 Å². The Labute approximate surface area is 161 Å². The summed E-state index contributed by atoms with van der Waals surface area (Å²) in [4.78, 5) is 16.3. The molecule has 2 aromatic carbocycles. The Bertz CT molecular complexity index is 885. The van der Waals surface area contributed by atoms with E-state index in [0.29, 0.717) is 28.2 Å². The molecule has 0 fully saturated rings. The number of hydrogen-bond donors (Lipinski definition) is 1. The van der Waals surface area contributed by atoms with Crippen LogP contribution in [0.3, 0.4) is 0 Å². The van der Waals surface area contributed by atoms with Crippen molar-refractivity contribution >= 4 is 17.5 Å². The summed E-state index contributed by atoms with van der Waals surface area (Å²) in [5, 5.41) is 7.05. The Morgan fingerprint density at radius 3 is 2.74 bits per heavy atom. The first kappa shape index (κ1) is 18.7. The van der Waals surface area contributed by atoms with Gasteiger partial charge in [-0.05, 0) is 37.3 Å². The fourth-order valence-electron chi connectivity index (χ4n) is 2.19. The standard InChI is InChI=1S/C19H18ClN3O4/c1-13(26-16-9-5-6-14(20)10-16)19(24)21-11-17-22-18(27-23-17)12-25-15-7-3-2-4-8-15/h2-10,13H,11-12H2,1H3,(H,21,24). The fourth-order valence-corrected chi connectivity index (χ4v) is 2.37. The second-order valence-corrected chi connectivity index (χ2v) is 6.08. The minimum Gasteiger partial charge on any atom is -0.484 e. The van der Waals surface area contributed by atoms with Gasteiger partial charge in [0.15, 0.2) is 18.5 Å². The summed E-state index contributed by atoms with van der Waals surface area (Å²) in [7, 11) is 0. The van der Waals surface area contributed by atoms with Gasteiger partial charge in [-0.25, -0.2) is 0 Å². The number of para-hydroxylation sites is 1. The number of nitrogens with one attached hydrogen (secondary N) is 1. The first-order chi connectivity index (χ1) is 13.1. The van der Waals surface area contributed by atoms with Gasteiger partial charge in [0.05, 0.1) is 6.54 Å². The van der Waals surface area contributed by atoms with Gasteiger partial charge in [-0.1, -0.05) is 41.0 Å². The molecule has 3 rings (SSSR count). The molecule has 0 aliphatic carbocycles. The maximum Gasteiger partial charge on any atom is 0.264 e. The van der Waals surface area contributed by atoms with E-state index in [-0.39, 0.29) is 19.1 Å². The number of hydrogen-bond acceptors (Lipinski definition) is 6. The van der Waals surface area contributed by atoms with E-state index >= 15 is 0 Å². The highest BCUT2D eigenvalue weighted by molar-refractivity contribution is 6.30. The van der Waals surface area contributed by atoms with Gasteiger partial charge in [0, 0.05) is 5.02 Å². The van der Waals surface area contributed by atoms with Crippen molar-refractivity contribution < 1.29 is 18.8 Å². The van der Waals surface area contributed by atoms with Gasteiger partial charge in [0.2, 0.25) is 0 Å². The Kier molecular flexibility index (Phi) is 6.27. The smallest absolute Gasteiger partial charge is 0.264 e. The first-order valence-corrected chi connectivity index (χ1v) is 8.67. The number of ether oxygens (including phenoxy) is 2. The Morgan fingerprint density at radius 2 is 1.96 bits per heavy atom. The molecule has 0 radical (unpaired) electrons. The van der Waals surface area contributed by atoms with Gasteiger partial charge in [0.1, 0.15) is 11.5 Å². The van der Waals surface area contributed by atoms with Crippen LogP contribution in [0.4, 0.5) is 0 Å². The molecule has 0 spiro atoms. The molecule has 1 heterocycles. The average Bonchev–Trinajstić information content (AvgIpc) is 3.13. The van der Waals surface area contributed by atoms with Crippen LogP contribution in [-0.2, 0) is 17.9 Å². The molecule has 3 aromatic rings. The van der Waals surface area contributed by atoms with E-state index in [2.05, 4.69) is 15.5 Å². The normalized spacial score (nSPS) is 11.6. The zero-order valence-corrected chi connectivity index (χ0v) is 15.3. The second-order valence-electron chi connectivity index (χ2n) is 5.64. The average molecular weight is 388 g/mol. The SMILES string of the molecule is CC(Oc1cccc(Cl)c1)C(=O)NCc1noc(COc2ccccc2)n1. The lowest BCUT2D eigenvalue weighted by Crippen LogP contribution is -2.36. The highest BCUT2D eigenvalue weighted by Crippen LogP contribution is 2.18. The van der Waals surface area contributed by atoms with Crippen LogP contribution in [0.15, 0.2) is 59.1 Å². The largest absolute Gasteiger partial charge is 0.484 e. The van der Waals surface area contributed by atoms with Gasteiger partial charge < -0.3 is 19.3 Å². The number of amides is 1. The highest BCUT2D eigenvalue weighted by atomic mass is 35.5. The Balaban J connectivity index is 1.45. The molecular weight excluding hydrogens is 370 g/mol. The predicted octanol–water partition coefficient (Wildman–Crippen LogP) is 3.39. The zero-order chi connectivity index (χ0) is 19.1. The van der Waals surface area contributed by atoms with E-state index in [1.807, 2.05) is 30.3 Å². The molecule has 140 valence electrons. The molecular formula is C19H18ClN3O4. The molecule has 8 heteroatoms. The number of carbonyl (C=O) groups excluding carboxylic acids is 1. The molecule has 27 heavy (non-hydrogen) atoms. The monoisotopic (exact) mass is 387 g/mol. The van der Waals surface area contributed by atoms with Crippen LogP contribution in [0.5, 0.6) is 11.5 Å². The van der Waals surface area contributed by atoms with Crippen molar-refractivity contribution in [3.8, 4) is 11.5 Å². The number of rotatable bonds is 8. The predicted molar refractivity (Wildman–Crippen MR) is 98.5 cm³/mol. The van der Waals surface area contributed by atoms with Crippen molar-refractivity contribution in [2.24, 2.45) is 0 Å². The summed E-state index contributed by atoms with van der Waals surface area (Å²) < 4.78 is 16.2. The fraction of sp³-hybridized carbons (Fsp3) is 0.211. The van der Waals surface area contributed by atoms with Crippen LogP contribution < -0.4 is 14.8 Å². The number of carbonyl (C=O) groups is 1. The highest BCUT2D eigenvalue weighted by Gasteiger charge is 2.16. The molecule has 0 saturated carbocycles. The van der Waals surface area contributed by atoms with Gasteiger partial charge in [-0.3, -0.25) is 4.79 Å². The first-order valence-electron chi connectivity index (χ1n) is 8.29. The van der Waals surface area contributed by atoms with E-state index in [1.54, 1.807) is 31.2 Å². The molecule has 1 amide bonds. The summed E-state index contributed by atoms with van der Waals surface area (Å²) in [6.45, 7) is 1.92. The lowest BCUT2D eigenvalue weighted by Gasteiger charge is -2.14. The minimum absolute atomic E-state index is 0.122. The molecule has 1 unspecified atom stereocenters. The van der Waals surface area contributed by atoms with Crippen molar-refractivity contribution in [3.63, 3.8) is 0 Å². The van der Waals surface area contributed by atoms with Crippen LogP contribution in [0.25, 0.3) is 0 Å². The van der Waals surface area contributed by atoms with Gasteiger partial charge in [0.25, 0.3) is 11.8 Å². The summed E-state index contributed by atoms with van der Waals surface area (Å²) in [5.41, 5.74) is 0. The van der Waals surface area contributed by atoms with E-state index < -0.39 is 6.10 Å². The van der Waals surface area contributed by atoms with Gasteiger partial charge in [-0.2, -0.15) is 4.98 Å². The van der Waals surface area contributed by atoms with Gasteiger partial charge in [-0.15, -0.1) is 0 Å².